The van der Waals surface area contributed by atoms with Crippen LogP contribution in [0, 0.1) is 11.3 Å². The summed E-state index contributed by atoms with van der Waals surface area (Å²) in [6, 6.07) is 15.5. The van der Waals surface area contributed by atoms with Gasteiger partial charge in [-0.15, -0.1) is 0 Å². The number of benzene rings is 2. The Morgan fingerprint density at radius 1 is 1.12 bits per heavy atom. The lowest BCUT2D eigenvalue weighted by molar-refractivity contribution is -0.119. The summed E-state index contributed by atoms with van der Waals surface area (Å²) in [4.78, 5) is 19.8. The van der Waals surface area contributed by atoms with E-state index in [0.717, 1.165) is 48.2 Å². The van der Waals surface area contributed by atoms with Crippen molar-refractivity contribution in [3.8, 4) is 0 Å². The highest BCUT2D eigenvalue weighted by molar-refractivity contribution is 7.80. The number of fused-ring (bicyclic) bond motifs is 1. The molecule has 2 aromatic carbocycles. The standard InChI is InChI=1S/C25H28ClN5OS/c1-15(27)16-8-11-19(12-9-16)28-25(33)30-23-24(32)31(2)21-13-10-18(26)14-20(21)22(29-23)17-6-4-3-5-7-17/h3-7,10,13-14,16,19,23,27H,8-9,11-12H2,1-2H3,(H2,28,30,33). The molecule has 33 heavy (non-hydrogen) atoms. The Labute approximate surface area is 204 Å². The van der Waals surface area contributed by atoms with Gasteiger partial charge in [-0.1, -0.05) is 41.9 Å². The first-order valence-corrected chi connectivity index (χ1v) is 11.9. The molecule has 0 aromatic heterocycles. The van der Waals surface area contributed by atoms with Gasteiger partial charge in [0.2, 0.25) is 6.17 Å². The van der Waals surface area contributed by atoms with E-state index in [1.165, 1.54) is 0 Å². The summed E-state index contributed by atoms with van der Waals surface area (Å²) < 4.78 is 0. The first kappa shape index (κ1) is 23.4. The Balaban J connectivity index is 1.58. The SMILES string of the molecule is CC(=N)C1CCC(NC(=S)NC2N=C(c3ccccc3)c3cc(Cl)ccc3N(C)C2=O)CC1. The molecular formula is C25H28ClN5OS. The fourth-order valence-electron chi connectivity index (χ4n) is 4.49. The van der Waals surface area contributed by atoms with Crippen LogP contribution in [0.4, 0.5) is 5.69 Å². The molecule has 1 amide bonds. The van der Waals surface area contributed by atoms with Gasteiger partial charge in [0.05, 0.1) is 11.4 Å². The lowest BCUT2D eigenvalue weighted by atomic mass is 9.83. The first-order valence-electron chi connectivity index (χ1n) is 11.2. The van der Waals surface area contributed by atoms with E-state index in [9.17, 15) is 4.79 Å². The van der Waals surface area contributed by atoms with Gasteiger partial charge in [-0.25, -0.2) is 4.99 Å². The van der Waals surface area contributed by atoms with Gasteiger partial charge in [0.1, 0.15) is 0 Å². The normalized spacial score (nSPS) is 22.6. The van der Waals surface area contributed by atoms with Crippen LogP contribution < -0.4 is 15.5 Å². The second kappa shape index (κ2) is 10.0. The number of nitrogens with zero attached hydrogens (tertiary/aromatic N) is 2. The zero-order chi connectivity index (χ0) is 23.5. The fourth-order valence-corrected chi connectivity index (χ4v) is 4.94. The molecular weight excluding hydrogens is 454 g/mol. The Kier molecular flexibility index (Phi) is 7.10. The quantitative estimate of drug-likeness (QED) is 0.442. The van der Waals surface area contributed by atoms with Crippen LogP contribution in [-0.2, 0) is 4.79 Å². The molecule has 8 heteroatoms. The van der Waals surface area contributed by atoms with E-state index in [2.05, 4.69) is 10.6 Å². The van der Waals surface area contributed by atoms with Crippen LogP contribution in [0.1, 0.15) is 43.7 Å². The molecule has 0 radical (unpaired) electrons. The van der Waals surface area contributed by atoms with Gasteiger partial charge in [0.15, 0.2) is 5.11 Å². The van der Waals surface area contributed by atoms with Gasteiger partial charge in [-0.2, -0.15) is 0 Å². The Hall–Kier alpha value is -2.77. The Morgan fingerprint density at radius 2 is 1.82 bits per heavy atom. The van der Waals surface area contributed by atoms with Crippen molar-refractivity contribution in [3.05, 3.63) is 64.7 Å². The van der Waals surface area contributed by atoms with E-state index in [-0.39, 0.29) is 11.9 Å². The van der Waals surface area contributed by atoms with Gasteiger partial charge >= 0.3 is 0 Å². The van der Waals surface area contributed by atoms with Crippen LogP contribution >= 0.6 is 23.8 Å². The van der Waals surface area contributed by atoms with Crippen molar-refractivity contribution < 1.29 is 4.79 Å². The summed E-state index contributed by atoms with van der Waals surface area (Å²) in [5, 5.41) is 15.3. The third-order valence-corrected chi connectivity index (χ3v) is 6.86. The monoisotopic (exact) mass is 481 g/mol. The lowest BCUT2D eigenvalue weighted by Gasteiger charge is -2.30. The summed E-state index contributed by atoms with van der Waals surface area (Å²) >= 11 is 11.9. The van der Waals surface area contributed by atoms with Crippen molar-refractivity contribution in [2.45, 2.75) is 44.8 Å². The van der Waals surface area contributed by atoms with E-state index >= 15 is 0 Å². The number of benzodiazepines with no additional fused rings is 1. The predicted octanol–water partition coefficient (Wildman–Crippen LogP) is 4.54. The van der Waals surface area contributed by atoms with Gasteiger partial charge in [0, 0.05) is 35.0 Å². The van der Waals surface area contributed by atoms with Crippen LogP contribution in [0.15, 0.2) is 53.5 Å². The van der Waals surface area contributed by atoms with Crippen molar-refractivity contribution in [2.24, 2.45) is 10.9 Å². The van der Waals surface area contributed by atoms with E-state index in [4.69, 9.17) is 34.2 Å². The molecule has 0 spiro atoms. The number of halogens is 1. The third-order valence-electron chi connectivity index (χ3n) is 6.39. The fraction of sp³-hybridized carbons (Fsp3) is 0.360. The molecule has 1 aliphatic carbocycles. The number of amides is 1. The smallest absolute Gasteiger partial charge is 0.272 e. The van der Waals surface area contributed by atoms with E-state index in [1.807, 2.05) is 49.4 Å². The number of carbonyl (C=O) groups excluding carboxylic acids is 1. The van der Waals surface area contributed by atoms with E-state index < -0.39 is 6.17 Å². The molecule has 3 N–H and O–H groups in total. The molecule has 1 saturated carbocycles. The molecule has 1 heterocycles. The molecule has 1 atom stereocenters. The van der Waals surface area contributed by atoms with Crippen LogP contribution in [0.3, 0.4) is 0 Å². The number of hydrogen-bond acceptors (Lipinski definition) is 4. The van der Waals surface area contributed by atoms with Crippen LogP contribution in [0.25, 0.3) is 0 Å². The topological polar surface area (TPSA) is 80.6 Å². The molecule has 0 bridgehead atoms. The lowest BCUT2D eigenvalue weighted by Crippen LogP contribution is -2.51. The Morgan fingerprint density at radius 3 is 2.48 bits per heavy atom. The number of rotatable bonds is 4. The molecule has 1 fully saturated rings. The number of anilines is 1. The number of thiocarbonyl (C=S) groups is 1. The Bertz CT molecular complexity index is 1100. The molecule has 2 aromatic rings. The maximum absolute atomic E-state index is 13.3. The molecule has 172 valence electrons. The molecule has 1 aliphatic heterocycles. The average molecular weight is 482 g/mol. The zero-order valence-corrected chi connectivity index (χ0v) is 20.3. The number of aliphatic imine (C=N–C) groups is 1. The summed E-state index contributed by atoms with van der Waals surface area (Å²) in [6.07, 6.45) is 2.99. The van der Waals surface area contributed by atoms with Crippen molar-refractivity contribution in [1.29, 1.82) is 5.41 Å². The van der Waals surface area contributed by atoms with Crippen molar-refractivity contribution in [1.82, 2.24) is 10.6 Å². The summed E-state index contributed by atoms with van der Waals surface area (Å²) in [5.41, 5.74) is 3.88. The van der Waals surface area contributed by atoms with Crippen LogP contribution in [-0.4, -0.2) is 41.7 Å². The maximum atomic E-state index is 13.3. The number of likely N-dealkylation sites (N-methyl/N-ethyl adjacent to an activating group) is 1. The molecule has 2 aliphatic rings. The van der Waals surface area contributed by atoms with Gasteiger partial charge < -0.3 is 20.9 Å². The van der Waals surface area contributed by atoms with Gasteiger partial charge in [-0.05, 0) is 68.9 Å². The van der Waals surface area contributed by atoms with Crippen LogP contribution in [0.5, 0.6) is 0 Å². The highest BCUT2D eigenvalue weighted by atomic mass is 35.5. The molecule has 6 nitrogen and oxygen atoms in total. The number of nitrogens with one attached hydrogen (secondary N) is 3. The van der Waals surface area contributed by atoms with Crippen molar-refractivity contribution in [2.75, 3.05) is 11.9 Å². The summed E-state index contributed by atoms with van der Waals surface area (Å²) in [6.45, 7) is 1.88. The second-order valence-electron chi connectivity index (χ2n) is 8.65. The average Bonchev–Trinajstić information content (AvgIpc) is 2.90. The van der Waals surface area contributed by atoms with E-state index in [0.29, 0.717) is 21.8 Å². The molecule has 1 unspecified atom stereocenters. The first-order chi connectivity index (χ1) is 15.8. The number of hydrogen-bond donors (Lipinski definition) is 3. The summed E-state index contributed by atoms with van der Waals surface area (Å²) in [7, 11) is 1.74. The second-order valence-corrected chi connectivity index (χ2v) is 9.50. The van der Waals surface area contributed by atoms with Crippen molar-refractivity contribution >= 4 is 51.9 Å². The number of carbonyl (C=O) groups is 1. The van der Waals surface area contributed by atoms with Crippen LogP contribution in [0.2, 0.25) is 5.02 Å². The largest absolute Gasteiger partial charge is 0.360 e. The highest BCUT2D eigenvalue weighted by Gasteiger charge is 2.31. The minimum atomic E-state index is -0.864. The minimum absolute atomic E-state index is 0.197. The molecule has 4 rings (SSSR count). The predicted molar refractivity (Wildman–Crippen MR) is 139 cm³/mol. The zero-order valence-electron chi connectivity index (χ0n) is 18.8. The molecule has 0 saturated heterocycles. The summed E-state index contributed by atoms with van der Waals surface area (Å²) in [5.74, 6) is 0.168. The third kappa shape index (κ3) is 5.25. The minimum Gasteiger partial charge on any atom is -0.360 e. The van der Waals surface area contributed by atoms with Gasteiger partial charge in [0.25, 0.3) is 5.91 Å². The van der Waals surface area contributed by atoms with Gasteiger partial charge in [-0.3, -0.25) is 4.79 Å². The highest BCUT2D eigenvalue weighted by Crippen LogP contribution is 2.30. The van der Waals surface area contributed by atoms with E-state index in [1.54, 1.807) is 18.0 Å². The maximum Gasteiger partial charge on any atom is 0.272 e. The van der Waals surface area contributed by atoms with Crippen molar-refractivity contribution in [3.63, 3.8) is 0 Å².